The number of nitrogens with zero attached hydrogens (tertiary/aromatic N) is 3. The molecule has 0 saturated heterocycles. The summed E-state index contributed by atoms with van der Waals surface area (Å²) in [4.78, 5) is 4.81. The largest absolute Gasteiger partial charge is 0.373 e. The highest BCUT2D eigenvalue weighted by Crippen LogP contribution is 2.38. The minimum atomic E-state index is 0.546. The lowest BCUT2D eigenvalue weighted by atomic mass is 9.75. The Hall–Kier alpha value is -1.58. The van der Waals surface area contributed by atoms with Gasteiger partial charge in [0.25, 0.3) is 0 Å². The van der Waals surface area contributed by atoms with Crippen LogP contribution in [0, 0.1) is 12.8 Å². The molecule has 1 N–H and O–H groups in total. The van der Waals surface area contributed by atoms with Crippen LogP contribution in [0.5, 0.6) is 0 Å². The molecule has 96 valence electrons. The van der Waals surface area contributed by atoms with Gasteiger partial charge in [0.2, 0.25) is 0 Å². The lowest BCUT2D eigenvalue weighted by Gasteiger charge is -2.31. The summed E-state index contributed by atoms with van der Waals surface area (Å²) in [6.07, 6.45) is 5.95. The zero-order chi connectivity index (χ0) is 12.7. The van der Waals surface area contributed by atoms with Crippen LogP contribution in [0.25, 0.3) is 5.65 Å². The molecule has 0 spiro atoms. The summed E-state index contributed by atoms with van der Waals surface area (Å²) >= 11 is 0. The van der Waals surface area contributed by atoms with Crippen molar-refractivity contribution in [2.24, 2.45) is 5.92 Å². The maximum Gasteiger partial charge on any atom is 0.160 e. The molecule has 18 heavy (non-hydrogen) atoms. The van der Waals surface area contributed by atoms with Crippen molar-refractivity contribution >= 4 is 11.5 Å². The highest BCUT2D eigenvalue weighted by Gasteiger charge is 2.26. The number of rotatable bonds is 3. The van der Waals surface area contributed by atoms with Crippen molar-refractivity contribution in [1.82, 2.24) is 14.6 Å². The van der Waals surface area contributed by atoms with Crippen LogP contribution in [-0.4, -0.2) is 21.6 Å². The summed E-state index contributed by atoms with van der Waals surface area (Å²) < 4.78 is 1.88. The molecule has 2 aromatic rings. The molecule has 0 radical (unpaired) electrons. The van der Waals surface area contributed by atoms with Crippen LogP contribution in [0.3, 0.4) is 0 Å². The predicted octanol–water partition coefficient (Wildman–Crippen LogP) is 2.98. The quantitative estimate of drug-likeness (QED) is 0.902. The van der Waals surface area contributed by atoms with Gasteiger partial charge in [-0.1, -0.05) is 13.3 Å². The molecule has 1 fully saturated rings. The van der Waals surface area contributed by atoms with Crippen molar-refractivity contribution in [3.63, 3.8) is 0 Å². The van der Waals surface area contributed by atoms with E-state index in [1.165, 1.54) is 25.0 Å². The van der Waals surface area contributed by atoms with Gasteiger partial charge in [-0.2, -0.15) is 9.61 Å². The Kier molecular flexibility index (Phi) is 2.73. The Balaban J connectivity index is 2.08. The summed E-state index contributed by atoms with van der Waals surface area (Å²) in [5.41, 5.74) is 3.30. The molecule has 1 aliphatic carbocycles. The molecule has 0 aliphatic heterocycles. The first-order valence-corrected chi connectivity index (χ1v) is 6.73. The van der Waals surface area contributed by atoms with Gasteiger partial charge in [-0.3, -0.25) is 0 Å². The molecule has 4 heteroatoms. The molecular weight excluding hydrogens is 224 g/mol. The number of hydrogen-bond acceptors (Lipinski definition) is 3. The Morgan fingerprint density at radius 2 is 2.22 bits per heavy atom. The number of aryl methyl sites for hydroxylation is 1. The number of fused-ring (bicyclic) bond motifs is 1. The average molecular weight is 244 g/mol. The number of aromatic nitrogens is 3. The fraction of sp³-hybridized carbons (Fsp3) is 0.571. The maximum absolute atomic E-state index is 4.81. The van der Waals surface area contributed by atoms with Gasteiger partial charge in [-0.15, -0.1) is 0 Å². The van der Waals surface area contributed by atoms with E-state index < -0.39 is 0 Å². The molecular formula is C14H20N4. The second-order valence-corrected chi connectivity index (χ2v) is 5.36. The number of nitrogens with one attached hydrogen (secondary N) is 1. The first-order valence-electron chi connectivity index (χ1n) is 6.73. The van der Waals surface area contributed by atoms with Crippen LogP contribution < -0.4 is 5.32 Å². The second-order valence-electron chi connectivity index (χ2n) is 5.36. The maximum atomic E-state index is 4.81. The molecule has 0 bridgehead atoms. The fourth-order valence-corrected chi connectivity index (χ4v) is 2.68. The van der Waals surface area contributed by atoms with Crippen LogP contribution in [0.15, 0.2) is 12.3 Å². The van der Waals surface area contributed by atoms with Gasteiger partial charge in [-0.25, -0.2) is 4.98 Å². The van der Waals surface area contributed by atoms with Gasteiger partial charge >= 0.3 is 0 Å². The van der Waals surface area contributed by atoms with E-state index in [9.17, 15) is 0 Å². The SMILES string of the molecule is CNc1cc(C(C)C2CCC2)nc2c(C)cnn12. The van der Waals surface area contributed by atoms with Gasteiger partial charge in [0.1, 0.15) is 5.82 Å². The van der Waals surface area contributed by atoms with Crippen molar-refractivity contribution < 1.29 is 0 Å². The van der Waals surface area contributed by atoms with E-state index in [2.05, 4.69) is 30.3 Å². The summed E-state index contributed by atoms with van der Waals surface area (Å²) in [6.45, 7) is 4.36. The first kappa shape index (κ1) is 11.5. The van der Waals surface area contributed by atoms with Gasteiger partial charge in [0.15, 0.2) is 5.65 Å². The molecule has 1 saturated carbocycles. The molecule has 2 heterocycles. The van der Waals surface area contributed by atoms with E-state index in [1.54, 1.807) is 0 Å². The molecule has 1 atom stereocenters. The highest BCUT2D eigenvalue weighted by atomic mass is 15.3. The first-order chi connectivity index (χ1) is 8.70. The standard InChI is InChI=1S/C14H20N4/c1-9-8-16-18-13(15-3)7-12(17-14(9)18)10(2)11-5-4-6-11/h7-8,10-11,15H,4-6H2,1-3H3. The van der Waals surface area contributed by atoms with Crippen molar-refractivity contribution in [2.75, 3.05) is 12.4 Å². The Bertz CT molecular complexity index is 568. The monoisotopic (exact) mass is 244 g/mol. The van der Waals surface area contributed by atoms with E-state index in [0.29, 0.717) is 5.92 Å². The molecule has 1 unspecified atom stereocenters. The minimum Gasteiger partial charge on any atom is -0.373 e. The third kappa shape index (κ3) is 1.67. The molecule has 2 aromatic heterocycles. The van der Waals surface area contributed by atoms with Crippen molar-refractivity contribution in [1.29, 1.82) is 0 Å². The van der Waals surface area contributed by atoms with E-state index in [1.807, 2.05) is 17.8 Å². The summed E-state index contributed by atoms with van der Waals surface area (Å²) in [5, 5.41) is 7.57. The normalized spacial score (nSPS) is 17.7. The molecule has 0 aromatic carbocycles. The van der Waals surface area contributed by atoms with E-state index in [-0.39, 0.29) is 0 Å². The molecule has 1 aliphatic rings. The van der Waals surface area contributed by atoms with Gasteiger partial charge < -0.3 is 5.32 Å². The summed E-state index contributed by atoms with van der Waals surface area (Å²) in [7, 11) is 1.93. The number of anilines is 1. The van der Waals surface area contributed by atoms with Crippen molar-refractivity contribution in [3.8, 4) is 0 Å². The van der Waals surface area contributed by atoms with Crippen LogP contribution in [0.2, 0.25) is 0 Å². The third-order valence-corrected chi connectivity index (χ3v) is 4.25. The van der Waals surface area contributed by atoms with Crippen LogP contribution in [-0.2, 0) is 0 Å². The fourth-order valence-electron chi connectivity index (χ4n) is 2.68. The number of hydrogen-bond donors (Lipinski definition) is 1. The highest BCUT2D eigenvalue weighted by molar-refractivity contribution is 5.54. The van der Waals surface area contributed by atoms with Crippen LogP contribution >= 0.6 is 0 Å². The van der Waals surface area contributed by atoms with Gasteiger partial charge in [-0.05, 0) is 25.7 Å². The van der Waals surface area contributed by atoms with Crippen LogP contribution in [0.1, 0.15) is 43.4 Å². The molecule has 3 rings (SSSR count). The van der Waals surface area contributed by atoms with E-state index in [0.717, 1.165) is 22.9 Å². The smallest absolute Gasteiger partial charge is 0.160 e. The third-order valence-electron chi connectivity index (χ3n) is 4.25. The lowest BCUT2D eigenvalue weighted by Crippen LogP contribution is -2.19. The molecule has 0 amide bonds. The second kappa shape index (κ2) is 4.26. The molecule has 4 nitrogen and oxygen atoms in total. The van der Waals surface area contributed by atoms with Crippen LogP contribution in [0.4, 0.5) is 5.82 Å². The minimum absolute atomic E-state index is 0.546. The zero-order valence-electron chi connectivity index (χ0n) is 11.3. The topological polar surface area (TPSA) is 42.2 Å². The predicted molar refractivity (Wildman–Crippen MR) is 73.0 cm³/mol. The van der Waals surface area contributed by atoms with E-state index in [4.69, 9.17) is 4.98 Å². The Labute approximate surface area is 107 Å². The van der Waals surface area contributed by atoms with Crippen molar-refractivity contribution in [3.05, 3.63) is 23.5 Å². The average Bonchev–Trinajstić information content (AvgIpc) is 2.68. The Morgan fingerprint density at radius 1 is 1.44 bits per heavy atom. The van der Waals surface area contributed by atoms with E-state index >= 15 is 0 Å². The van der Waals surface area contributed by atoms with Gasteiger partial charge in [0.05, 0.1) is 6.20 Å². The Morgan fingerprint density at radius 3 is 2.83 bits per heavy atom. The van der Waals surface area contributed by atoms with Crippen molar-refractivity contribution in [2.45, 2.75) is 39.0 Å². The summed E-state index contributed by atoms with van der Waals surface area (Å²) in [5.74, 6) is 2.38. The summed E-state index contributed by atoms with van der Waals surface area (Å²) in [6, 6.07) is 2.14. The van der Waals surface area contributed by atoms with Gasteiger partial charge in [0, 0.05) is 30.3 Å². The lowest BCUT2D eigenvalue weighted by molar-refractivity contribution is 0.269. The zero-order valence-corrected chi connectivity index (χ0v) is 11.3.